The minimum Gasteiger partial charge on any atom is -0.368 e. The third-order valence-electron chi connectivity index (χ3n) is 4.51. The van der Waals surface area contributed by atoms with Crippen LogP contribution in [0.5, 0.6) is 0 Å². The van der Waals surface area contributed by atoms with Crippen LogP contribution in [0.2, 0.25) is 0 Å². The first-order chi connectivity index (χ1) is 12.5. The normalized spacial score (nSPS) is 16.3. The van der Waals surface area contributed by atoms with Gasteiger partial charge < -0.3 is 10.6 Å². The second-order valence-electron chi connectivity index (χ2n) is 6.19. The Balaban J connectivity index is 1.68. The lowest BCUT2D eigenvalue weighted by Gasteiger charge is -2.38. The summed E-state index contributed by atoms with van der Waals surface area (Å²) in [5.74, 6) is -1.47. The molecular weight excluding hydrogens is 340 g/mol. The van der Waals surface area contributed by atoms with Gasteiger partial charge in [0.15, 0.2) is 0 Å². The van der Waals surface area contributed by atoms with E-state index in [2.05, 4.69) is 0 Å². The maximum absolute atomic E-state index is 13.1. The molecule has 1 atom stereocenters. The molecule has 0 aromatic heterocycles. The van der Waals surface area contributed by atoms with E-state index in [0.29, 0.717) is 37.3 Å². The molecule has 1 aliphatic heterocycles. The summed E-state index contributed by atoms with van der Waals surface area (Å²) < 4.78 is 26.1. The van der Waals surface area contributed by atoms with Crippen LogP contribution in [0.15, 0.2) is 48.5 Å². The van der Waals surface area contributed by atoms with E-state index >= 15 is 0 Å². The average molecular weight is 359 g/mol. The van der Waals surface area contributed by atoms with Crippen LogP contribution in [0, 0.1) is 11.6 Å². The maximum Gasteiger partial charge on any atom is 0.253 e. The topological polar surface area (TPSA) is 66.6 Å². The monoisotopic (exact) mass is 359 g/mol. The average Bonchev–Trinajstić information content (AvgIpc) is 2.64. The summed E-state index contributed by atoms with van der Waals surface area (Å²) in [6.45, 7) is 1.75. The van der Waals surface area contributed by atoms with Crippen LogP contribution in [0.25, 0.3) is 0 Å². The van der Waals surface area contributed by atoms with Gasteiger partial charge in [-0.1, -0.05) is 12.1 Å². The lowest BCUT2D eigenvalue weighted by atomic mass is 10.0. The quantitative estimate of drug-likeness (QED) is 0.907. The highest BCUT2D eigenvalue weighted by Crippen LogP contribution is 2.23. The number of primary amides is 1. The van der Waals surface area contributed by atoms with Gasteiger partial charge in [0.1, 0.15) is 17.7 Å². The van der Waals surface area contributed by atoms with Crippen molar-refractivity contribution >= 4 is 11.8 Å². The Morgan fingerprint density at radius 2 is 1.35 bits per heavy atom. The highest BCUT2D eigenvalue weighted by molar-refractivity contribution is 5.94. The minimum atomic E-state index is -0.668. The summed E-state index contributed by atoms with van der Waals surface area (Å²) in [5.41, 5.74) is 6.59. The van der Waals surface area contributed by atoms with Crippen LogP contribution in [0.3, 0.4) is 0 Å². The fourth-order valence-electron chi connectivity index (χ4n) is 3.16. The van der Waals surface area contributed by atoms with E-state index < -0.39 is 17.8 Å². The molecule has 136 valence electrons. The molecule has 0 saturated carbocycles. The van der Waals surface area contributed by atoms with Crippen molar-refractivity contribution in [2.24, 2.45) is 5.73 Å². The Morgan fingerprint density at radius 1 is 0.846 bits per heavy atom. The van der Waals surface area contributed by atoms with Crippen molar-refractivity contribution in [3.8, 4) is 0 Å². The van der Waals surface area contributed by atoms with Crippen LogP contribution >= 0.6 is 0 Å². The standard InChI is InChI=1S/C19H19F2N3O2/c20-15-5-1-13(2-6-15)17(18(22)25)23-9-11-24(12-10-23)19(26)14-3-7-16(21)8-4-14/h1-8,17H,9-12H2,(H2,22,25). The van der Waals surface area contributed by atoms with Crippen molar-refractivity contribution in [3.63, 3.8) is 0 Å². The molecule has 2 aromatic carbocycles. The smallest absolute Gasteiger partial charge is 0.253 e. The lowest BCUT2D eigenvalue weighted by Crippen LogP contribution is -2.51. The minimum absolute atomic E-state index is 0.179. The predicted molar refractivity (Wildman–Crippen MR) is 92.2 cm³/mol. The third kappa shape index (κ3) is 3.88. The maximum atomic E-state index is 13.1. The van der Waals surface area contributed by atoms with Gasteiger partial charge in [-0.25, -0.2) is 8.78 Å². The van der Waals surface area contributed by atoms with Gasteiger partial charge in [0.2, 0.25) is 5.91 Å². The fraction of sp³-hybridized carbons (Fsp3) is 0.263. The van der Waals surface area contributed by atoms with Crippen molar-refractivity contribution in [2.75, 3.05) is 26.2 Å². The number of nitrogens with zero attached hydrogens (tertiary/aromatic N) is 2. The number of amides is 2. The number of rotatable bonds is 4. The first-order valence-electron chi connectivity index (χ1n) is 8.29. The van der Waals surface area contributed by atoms with Crippen molar-refractivity contribution in [2.45, 2.75) is 6.04 Å². The van der Waals surface area contributed by atoms with Crippen molar-refractivity contribution in [3.05, 3.63) is 71.3 Å². The summed E-state index contributed by atoms with van der Waals surface area (Å²) >= 11 is 0. The van der Waals surface area contributed by atoms with Gasteiger partial charge in [-0.2, -0.15) is 0 Å². The second-order valence-corrected chi connectivity index (χ2v) is 6.19. The van der Waals surface area contributed by atoms with Crippen molar-refractivity contribution < 1.29 is 18.4 Å². The zero-order chi connectivity index (χ0) is 18.7. The van der Waals surface area contributed by atoms with E-state index in [1.165, 1.54) is 36.4 Å². The van der Waals surface area contributed by atoms with E-state index in [0.717, 1.165) is 0 Å². The van der Waals surface area contributed by atoms with E-state index in [9.17, 15) is 18.4 Å². The van der Waals surface area contributed by atoms with Gasteiger partial charge >= 0.3 is 0 Å². The van der Waals surface area contributed by atoms with Gasteiger partial charge in [0, 0.05) is 31.7 Å². The molecule has 5 nitrogen and oxygen atoms in total. The number of hydrogen-bond donors (Lipinski definition) is 1. The summed E-state index contributed by atoms with van der Waals surface area (Å²) in [4.78, 5) is 27.9. The molecule has 2 amide bonds. The van der Waals surface area contributed by atoms with Gasteiger partial charge in [0.25, 0.3) is 5.91 Å². The number of halogens is 2. The molecule has 1 unspecified atom stereocenters. The summed E-state index contributed by atoms with van der Waals surface area (Å²) in [5, 5.41) is 0. The molecule has 0 bridgehead atoms. The number of carbonyl (C=O) groups is 2. The molecule has 1 heterocycles. The lowest BCUT2D eigenvalue weighted by molar-refractivity contribution is -0.124. The number of piperazine rings is 1. The summed E-state index contributed by atoms with van der Waals surface area (Å²) in [7, 11) is 0. The molecule has 3 rings (SSSR count). The summed E-state index contributed by atoms with van der Waals surface area (Å²) in [6, 6.07) is 10.4. The Kier molecular flexibility index (Phi) is 5.27. The first-order valence-corrected chi connectivity index (χ1v) is 8.29. The highest BCUT2D eigenvalue weighted by Gasteiger charge is 2.30. The fourth-order valence-corrected chi connectivity index (χ4v) is 3.16. The largest absolute Gasteiger partial charge is 0.368 e. The molecule has 0 spiro atoms. The zero-order valence-electron chi connectivity index (χ0n) is 14.1. The molecule has 0 aliphatic carbocycles. The van der Waals surface area contributed by atoms with Crippen LogP contribution in [-0.4, -0.2) is 47.8 Å². The molecule has 2 N–H and O–H groups in total. The van der Waals surface area contributed by atoms with E-state index in [-0.39, 0.29) is 11.7 Å². The van der Waals surface area contributed by atoms with Crippen molar-refractivity contribution in [1.82, 2.24) is 9.80 Å². The molecule has 2 aromatic rings. The van der Waals surface area contributed by atoms with Crippen LogP contribution in [0.1, 0.15) is 22.0 Å². The summed E-state index contributed by atoms with van der Waals surface area (Å²) in [6.07, 6.45) is 0. The van der Waals surface area contributed by atoms with E-state index in [1.54, 1.807) is 17.0 Å². The molecule has 1 saturated heterocycles. The van der Waals surface area contributed by atoms with Gasteiger partial charge in [-0.3, -0.25) is 14.5 Å². The number of carbonyl (C=O) groups excluding carboxylic acids is 2. The van der Waals surface area contributed by atoms with Crippen molar-refractivity contribution in [1.29, 1.82) is 0 Å². The molecule has 26 heavy (non-hydrogen) atoms. The van der Waals surface area contributed by atoms with Crippen LogP contribution < -0.4 is 5.73 Å². The second kappa shape index (κ2) is 7.61. The SMILES string of the molecule is NC(=O)C(c1ccc(F)cc1)N1CCN(C(=O)c2ccc(F)cc2)CC1. The molecule has 1 aliphatic rings. The Morgan fingerprint density at radius 3 is 1.85 bits per heavy atom. The highest BCUT2D eigenvalue weighted by atomic mass is 19.1. The van der Waals surface area contributed by atoms with Crippen LogP contribution in [0.4, 0.5) is 8.78 Å². The third-order valence-corrected chi connectivity index (χ3v) is 4.51. The number of hydrogen-bond acceptors (Lipinski definition) is 3. The Labute approximate surface area is 150 Å². The van der Waals surface area contributed by atoms with E-state index in [1.807, 2.05) is 4.90 Å². The van der Waals surface area contributed by atoms with Crippen LogP contribution in [-0.2, 0) is 4.79 Å². The number of nitrogens with two attached hydrogens (primary N) is 1. The number of benzene rings is 2. The van der Waals surface area contributed by atoms with Gasteiger partial charge in [0.05, 0.1) is 0 Å². The first kappa shape index (κ1) is 18.0. The molecule has 1 fully saturated rings. The zero-order valence-corrected chi connectivity index (χ0v) is 14.1. The molecule has 0 radical (unpaired) electrons. The molecule has 7 heteroatoms. The predicted octanol–water partition coefficient (Wildman–Crippen LogP) is 1.95. The van der Waals surface area contributed by atoms with E-state index in [4.69, 9.17) is 5.73 Å². The molecular formula is C19H19F2N3O2. The Hall–Kier alpha value is -2.80. The van der Waals surface area contributed by atoms with Gasteiger partial charge in [-0.15, -0.1) is 0 Å². The Bertz CT molecular complexity index is 785. The van der Waals surface area contributed by atoms with Gasteiger partial charge in [-0.05, 0) is 42.0 Å².